The highest BCUT2D eigenvalue weighted by atomic mass is 16.7. The first-order valence-corrected chi connectivity index (χ1v) is 12.6. The summed E-state index contributed by atoms with van der Waals surface area (Å²) >= 11 is 0. The van der Waals surface area contributed by atoms with Crippen molar-refractivity contribution in [2.24, 2.45) is 0 Å². The van der Waals surface area contributed by atoms with Crippen molar-refractivity contribution >= 4 is 23.2 Å². The number of phenolic OH excluding ortho intramolecular Hbond substituents is 3. The van der Waals surface area contributed by atoms with Gasteiger partial charge in [0.1, 0.15) is 52.8 Å². The van der Waals surface area contributed by atoms with Gasteiger partial charge in [0.05, 0.1) is 6.10 Å². The summed E-state index contributed by atoms with van der Waals surface area (Å²) in [4.78, 5) is 35.7. The molecule has 8 atom stereocenters. The van der Waals surface area contributed by atoms with Crippen molar-refractivity contribution in [2.75, 3.05) is 0 Å². The molecule has 5 rings (SSSR count). The molecule has 15 nitrogen and oxygen atoms in total. The van der Waals surface area contributed by atoms with Gasteiger partial charge in [-0.1, -0.05) is 0 Å². The van der Waals surface area contributed by atoms with Crippen molar-refractivity contribution in [2.45, 2.75) is 62.0 Å². The van der Waals surface area contributed by atoms with E-state index < -0.39 is 77.9 Å². The van der Waals surface area contributed by atoms with E-state index in [1.54, 1.807) is 0 Å². The van der Waals surface area contributed by atoms with Crippen LogP contribution in [0, 0.1) is 0 Å². The summed E-state index contributed by atoms with van der Waals surface area (Å²) < 4.78 is 28.0. The lowest BCUT2D eigenvalue weighted by Gasteiger charge is -2.42. The third-order valence-electron chi connectivity index (χ3n) is 6.84. The summed E-state index contributed by atoms with van der Waals surface area (Å²) in [6, 6.07) is 6.92. The molecule has 0 amide bonds. The summed E-state index contributed by atoms with van der Waals surface area (Å²) in [5, 5.41) is 70.5. The quantitative estimate of drug-likeness (QED) is 0.141. The fourth-order valence-electron chi connectivity index (χ4n) is 4.79. The Hall–Kier alpha value is -4.25. The van der Waals surface area contributed by atoms with Crippen LogP contribution < -0.4 is 10.2 Å². The predicted molar refractivity (Wildman–Crippen MR) is 137 cm³/mol. The van der Waals surface area contributed by atoms with E-state index in [-0.39, 0.29) is 40.9 Å². The van der Waals surface area contributed by atoms with Gasteiger partial charge in [-0.25, -0.2) is 4.79 Å². The zero-order valence-electron chi connectivity index (χ0n) is 21.5. The molecule has 2 fully saturated rings. The van der Waals surface area contributed by atoms with E-state index in [0.29, 0.717) is 6.29 Å². The summed E-state index contributed by atoms with van der Waals surface area (Å²) in [5.41, 5.74) is -0.652. The van der Waals surface area contributed by atoms with E-state index in [1.807, 2.05) is 0 Å². The van der Waals surface area contributed by atoms with Gasteiger partial charge in [-0.15, -0.1) is 0 Å². The van der Waals surface area contributed by atoms with Crippen LogP contribution in [0.25, 0.3) is 22.3 Å². The number of rotatable bonds is 7. The number of fused-ring (bicyclic) bond motifs is 1. The number of phenols is 3. The molecular formula is C27H26O15. The van der Waals surface area contributed by atoms with Gasteiger partial charge >= 0.3 is 5.97 Å². The average Bonchev–Trinajstić information content (AvgIpc) is 2.93. The van der Waals surface area contributed by atoms with E-state index in [2.05, 4.69) is 0 Å². The summed E-state index contributed by atoms with van der Waals surface area (Å²) in [6.07, 6.45) is -12.2. The second kappa shape index (κ2) is 11.6. The van der Waals surface area contributed by atoms with E-state index in [0.717, 1.165) is 24.3 Å². The van der Waals surface area contributed by atoms with Crippen molar-refractivity contribution < 1.29 is 68.7 Å². The third kappa shape index (κ3) is 5.74. The first-order valence-electron chi connectivity index (χ1n) is 12.6. The van der Waals surface area contributed by atoms with Crippen LogP contribution in [-0.4, -0.2) is 97.2 Å². The van der Waals surface area contributed by atoms with E-state index in [9.17, 15) is 50.1 Å². The zero-order chi connectivity index (χ0) is 30.3. The Morgan fingerprint density at radius 3 is 2.38 bits per heavy atom. The number of aliphatic carboxylic acids is 1. The molecule has 0 radical (unpaired) electrons. The van der Waals surface area contributed by atoms with E-state index >= 15 is 0 Å². The minimum absolute atomic E-state index is 0.00401. The molecule has 3 heterocycles. The molecule has 1 aromatic heterocycles. The number of aromatic hydroxyl groups is 3. The second-order valence-electron chi connectivity index (χ2n) is 9.82. The van der Waals surface area contributed by atoms with Crippen LogP contribution in [0.5, 0.6) is 23.0 Å². The monoisotopic (exact) mass is 590 g/mol. The molecule has 7 N–H and O–H groups in total. The third-order valence-corrected chi connectivity index (χ3v) is 6.84. The Morgan fingerprint density at radius 1 is 0.929 bits per heavy atom. The van der Waals surface area contributed by atoms with Gasteiger partial charge in [-0.3, -0.25) is 4.79 Å². The lowest BCUT2D eigenvalue weighted by molar-refractivity contribution is -0.321. The lowest BCUT2D eigenvalue weighted by Crippen LogP contribution is -2.63. The number of carbonyl (C=O) groups excluding carboxylic acids is 1. The van der Waals surface area contributed by atoms with Gasteiger partial charge in [-0.05, 0) is 18.2 Å². The highest BCUT2D eigenvalue weighted by Crippen LogP contribution is 2.36. The first-order chi connectivity index (χ1) is 19.9. The molecule has 2 aliphatic heterocycles. The Balaban J connectivity index is 1.49. The minimum atomic E-state index is -1.98. The second-order valence-corrected chi connectivity index (χ2v) is 9.82. The van der Waals surface area contributed by atoms with Gasteiger partial charge in [-0.2, -0.15) is 0 Å². The number of carboxylic acids is 1. The SMILES string of the molecule is O=CC1C[C@H](O)CC(OC2C(Oc3cc(O)c4c(=O)cc(-c5ccc(O)c(O)c5)oc4c3)OC(C(=O)O)C(O)C2O)O1. The smallest absolute Gasteiger partial charge is 0.335 e. The lowest BCUT2D eigenvalue weighted by atomic mass is 9.98. The van der Waals surface area contributed by atoms with Gasteiger partial charge in [0.2, 0.25) is 6.29 Å². The van der Waals surface area contributed by atoms with Crippen LogP contribution in [0.1, 0.15) is 12.8 Å². The van der Waals surface area contributed by atoms with Gasteiger partial charge in [0, 0.05) is 36.6 Å². The van der Waals surface area contributed by atoms with Gasteiger partial charge in [0.15, 0.2) is 35.4 Å². The van der Waals surface area contributed by atoms with Crippen LogP contribution in [0.15, 0.2) is 45.6 Å². The highest BCUT2D eigenvalue weighted by Gasteiger charge is 2.51. The topological polar surface area (TPSA) is 243 Å². The maximum Gasteiger partial charge on any atom is 0.335 e. The van der Waals surface area contributed by atoms with Crippen LogP contribution in [-0.2, 0) is 23.8 Å². The number of aldehydes is 1. The number of aliphatic hydroxyl groups is 3. The standard InChI is InChI=1S/C27H26O15/c28-9-13-4-11(29)5-20(38-13)41-25-23(35)22(34)24(26(36)37)42-27(25)39-12-6-16(32)21-17(33)8-18(40-19(21)7-12)10-1-2-14(30)15(31)3-10/h1-3,6-9,11,13,20,22-25,27,29-32,34-35H,4-5H2,(H,36,37)/t11-,13?,20?,22?,23?,24?,25?,27?/m0/s1. The number of carboxylic acid groups (broad SMARTS) is 1. The Bertz CT molecular complexity index is 1550. The maximum atomic E-state index is 12.8. The molecule has 2 aromatic carbocycles. The van der Waals surface area contributed by atoms with Crippen molar-refractivity contribution in [3.05, 3.63) is 46.6 Å². The van der Waals surface area contributed by atoms with Crippen LogP contribution in [0.3, 0.4) is 0 Å². The van der Waals surface area contributed by atoms with Crippen LogP contribution >= 0.6 is 0 Å². The fraction of sp³-hybridized carbons (Fsp3) is 0.370. The Morgan fingerprint density at radius 2 is 1.69 bits per heavy atom. The summed E-state index contributed by atoms with van der Waals surface area (Å²) in [5.74, 6) is -3.38. The molecule has 0 saturated carbocycles. The number of aliphatic hydroxyl groups excluding tert-OH is 3. The Kier molecular flexibility index (Phi) is 8.05. The molecule has 2 saturated heterocycles. The molecular weight excluding hydrogens is 564 g/mol. The predicted octanol–water partition coefficient (Wildman–Crippen LogP) is -0.0630. The minimum Gasteiger partial charge on any atom is -0.507 e. The van der Waals surface area contributed by atoms with Crippen molar-refractivity contribution in [1.29, 1.82) is 0 Å². The zero-order valence-corrected chi connectivity index (χ0v) is 21.5. The fourth-order valence-corrected chi connectivity index (χ4v) is 4.79. The van der Waals surface area contributed by atoms with Crippen molar-refractivity contribution in [1.82, 2.24) is 0 Å². The number of ether oxygens (including phenoxy) is 4. The molecule has 0 aliphatic carbocycles. The Labute approximate surface area is 235 Å². The molecule has 224 valence electrons. The molecule has 2 aliphatic rings. The molecule has 0 bridgehead atoms. The average molecular weight is 590 g/mol. The maximum absolute atomic E-state index is 12.8. The van der Waals surface area contributed by atoms with Crippen molar-refractivity contribution in [3.8, 4) is 34.3 Å². The summed E-state index contributed by atoms with van der Waals surface area (Å²) in [7, 11) is 0. The molecule has 7 unspecified atom stereocenters. The largest absolute Gasteiger partial charge is 0.507 e. The molecule has 42 heavy (non-hydrogen) atoms. The van der Waals surface area contributed by atoms with Crippen LogP contribution in [0.4, 0.5) is 0 Å². The van der Waals surface area contributed by atoms with Crippen molar-refractivity contribution in [3.63, 3.8) is 0 Å². The van der Waals surface area contributed by atoms with Gasteiger partial charge in [0.25, 0.3) is 0 Å². The normalized spacial score (nSPS) is 29.7. The van der Waals surface area contributed by atoms with E-state index in [1.165, 1.54) is 12.1 Å². The van der Waals surface area contributed by atoms with Crippen LogP contribution in [0.2, 0.25) is 0 Å². The number of hydrogen-bond donors (Lipinski definition) is 7. The first kappa shape index (κ1) is 29.2. The summed E-state index contributed by atoms with van der Waals surface area (Å²) in [6.45, 7) is 0. The van der Waals surface area contributed by atoms with Gasteiger partial charge < -0.3 is 63.9 Å². The molecule has 0 spiro atoms. The molecule has 3 aromatic rings. The number of hydrogen-bond acceptors (Lipinski definition) is 14. The number of benzene rings is 2. The number of carbonyl (C=O) groups is 2. The molecule has 15 heteroatoms. The van der Waals surface area contributed by atoms with E-state index in [4.69, 9.17) is 23.4 Å². The highest BCUT2D eigenvalue weighted by molar-refractivity contribution is 5.86.